The number of rotatable bonds is 2. The van der Waals surface area contributed by atoms with Crippen LogP contribution >= 0.6 is 0 Å². The molecule has 1 aromatic rings. The number of aldehydes is 1. The average molecular weight is 210 g/mol. The summed E-state index contributed by atoms with van der Waals surface area (Å²) in [6.07, 6.45) is 0.479. The van der Waals surface area contributed by atoms with Crippen molar-refractivity contribution in [3.63, 3.8) is 0 Å². The van der Waals surface area contributed by atoms with Crippen LogP contribution < -0.4 is 5.73 Å². The van der Waals surface area contributed by atoms with Gasteiger partial charge in [0.15, 0.2) is 6.29 Å². The molecule has 5 heteroatoms. The number of nitrogens with two attached hydrogens (primary N) is 1. The van der Waals surface area contributed by atoms with Gasteiger partial charge in [-0.2, -0.15) is 0 Å². The van der Waals surface area contributed by atoms with Crippen molar-refractivity contribution in [1.82, 2.24) is 4.90 Å². The third kappa shape index (κ3) is 2.12. The number of nitrogens with zero attached hydrogens (tertiary/aromatic N) is 1. The van der Waals surface area contributed by atoms with E-state index in [1.165, 1.54) is 19.0 Å². The lowest BCUT2D eigenvalue weighted by atomic mass is 10.1. The van der Waals surface area contributed by atoms with Gasteiger partial charge >= 0.3 is 0 Å². The van der Waals surface area contributed by atoms with E-state index in [-0.39, 0.29) is 16.8 Å². The van der Waals surface area contributed by atoms with E-state index in [2.05, 4.69) is 0 Å². The summed E-state index contributed by atoms with van der Waals surface area (Å²) in [5, 5.41) is 0. The Hall–Kier alpha value is -1.91. The Morgan fingerprint density at radius 3 is 2.53 bits per heavy atom. The Kier molecular flexibility index (Phi) is 3.04. The molecule has 0 atom stereocenters. The van der Waals surface area contributed by atoms with Crippen LogP contribution in [0.2, 0.25) is 0 Å². The van der Waals surface area contributed by atoms with Crippen molar-refractivity contribution in [1.29, 1.82) is 0 Å². The van der Waals surface area contributed by atoms with E-state index in [0.717, 1.165) is 12.1 Å². The number of anilines is 1. The number of nitrogen functional groups attached to an aromatic ring is 1. The third-order valence-electron chi connectivity index (χ3n) is 1.93. The molecule has 4 nitrogen and oxygen atoms in total. The maximum absolute atomic E-state index is 13.1. The van der Waals surface area contributed by atoms with E-state index < -0.39 is 11.7 Å². The highest BCUT2D eigenvalue weighted by atomic mass is 19.1. The van der Waals surface area contributed by atoms with E-state index in [4.69, 9.17) is 5.73 Å². The van der Waals surface area contributed by atoms with Crippen molar-refractivity contribution < 1.29 is 14.0 Å². The predicted molar refractivity (Wildman–Crippen MR) is 54.2 cm³/mol. The standard InChI is InChI=1S/C10H11FN2O2/c1-13(2)10(15)7-4-8(11)9(12)3-6(7)5-14/h3-5H,12H2,1-2H3. The SMILES string of the molecule is CN(C)C(=O)c1cc(F)c(N)cc1C=O. The molecule has 0 spiro atoms. The molecule has 15 heavy (non-hydrogen) atoms. The number of amides is 1. The maximum atomic E-state index is 13.1. The summed E-state index contributed by atoms with van der Waals surface area (Å²) in [4.78, 5) is 23.5. The van der Waals surface area contributed by atoms with Gasteiger partial charge in [-0.25, -0.2) is 4.39 Å². The molecule has 0 bridgehead atoms. The van der Waals surface area contributed by atoms with Gasteiger partial charge in [-0.3, -0.25) is 9.59 Å². The van der Waals surface area contributed by atoms with E-state index in [9.17, 15) is 14.0 Å². The summed E-state index contributed by atoms with van der Waals surface area (Å²) in [7, 11) is 3.04. The van der Waals surface area contributed by atoms with Crippen molar-refractivity contribution in [3.05, 3.63) is 29.1 Å². The number of hydrogen-bond acceptors (Lipinski definition) is 3. The molecule has 0 aliphatic carbocycles. The largest absolute Gasteiger partial charge is 0.396 e. The van der Waals surface area contributed by atoms with E-state index in [1.54, 1.807) is 0 Å². The monoisotopic (exact) mass is 210 g/mol. The van der Waals surface area contributed by atoms with E-state index in [0.29, 0.717) is 6.29 Å². The third-order valence-corrected chi connectivity index (χ3v) is 1.93. The molecule has 0 unspecified atom stereocenters. The molecule has 1 amide bonds. The number of carbonyl (C=O) groups excluding carboxylic acids is 2. The van der Waals surface area contributed by atoms with Crippen LogP contribution in [0.1, 0.15) is 20.7 Å². The topological polar surface area (TPSA) is 63.4 Å². The molecular formula is C10H11FN2O2. The zero-order valence-corrected chi connectivity index (χ0v) is 8.45. The quantitative estimate of drug-likeness (QED) is 0.583. The maximum Gasteiger partial charge on any atom is 0.254 e. The Morgan fingerprint density at radius 1 is 1.47 bits per heavy atom. The molecule has 0 saturated heterocycles. The van der Waals surface area contributed by atoms with Gasteiger partial charge in [0.1, 0.15) is 5.82 Å². The smallest absolute Gasteiger partial charge is 0.254 e. The zero-order chi connectivity index (χ0) is 11.6. The molecule has 0 fully saturated rings. The molecular weight excluding hydrogens is 199 g/mol. The van der Waals surface area contributed by atoms with Gasteiger partial charge in [-0.1, -0.05) is 0 Å². The average Bonchev–Trinajstić information content (AvgIpc) is 2.20. The molecule has 0 aliphatic heterocycles. The first-order valence-electron chi connectivity index (χ1n) is 4.23. The number of carbonyl (C=O) groups is 2. The lowest BCUT2D eigenvalue weighted by Crippen LogP contribution is -2.23. The van der Waals surface area contributed by atoms with Crippen LogP contribution in [-0.4, -0.2) is 31.2 Å². The van der Waals surface area contributed by atoms with Crippen molar-refractivity contribution in [2.75, 3.05) is 19.8 Å². The van der Waals surface area contributed by atoms with Crippen LogP contribution in [0.5, 0.6) is 0 Å². The van der Waals surface area contributed by atoms with Crippen LogP contribution in [-0.2, 0) is 0 Å². The molecule has 0 radical (unpaired) electrons. The van der Waals surface area contributed by atoms with Gasteiger partial charge in [0.05, 0.1) is 11.3 Å². The lowest BCUT2D eigenvalue weighted by Gasteiger charge is -2.12. The van der Waals surface area contributed by atoms with Crippen LogP contribution in [0, 0.1) is 5.82 Å². The summed E-state index contributed by atoms with van der Waals surface area (Å²) in [6, 6.07) is 2.13. The van der Waals surface area contributed by atoms with Gasteiger partial charge in [0.2, 0.25) is 0 Å². The fourth-order valence-electron chi connectivity index (χ4n) is 1.13. The van der Waals surface area contributed by atoms with Gasteiger partial charge in [0, 0.05) is 19.7 Å². The molecule has 0 aromatic heterocycles. The van der Waals surface area contributed by atoms with Crippen molar-refractivity contribution in [2.24, 2.45) is 0 Å². The Balaban J connectivity index is 3.34. The normalized spacial score (nSPS) is 9.80. The Bertz CT molecular complexity index is 416. The van der Waals surface area contributed by atoms with Crippen molar-refractivity contribution in [2.45, 2.75) is 0 Å². The second-order valence-corrected chi connectivity index (χ2v) is 3.28. The first-order valence-corrected chi connectivity index (χ1v) is 4.23. The lowest BCUT2D eigenvalue weighted by molar-refractivity contribution is 0.0823. The first kappa shape index (κ1) is 11.2. The second kappa shape index (κ2) is 4.08. The number of hydrogen-bond donors (Lipinski definition) is 1. The zero-order valence-electron chi connectivity index (χ0n) is 8.45. The highest BCUT2D eigenvalue weighted by Gasteiger charge is 2.15. The summed E-state index contributed by atoms with van der Waals surface area (Å²) in [5.41, 5.74) is 5.24. The first-order chi connectivity index (χ1) is 6.97. The van der Waals surface area contributed by atoms with Crippen molar-refractivity contribution >= 4 is 17.9 Å². The second-order valence-electron chi connectivity index (χ2n) is 3.28. The van der Waals surface area contributed by atoms with Crippen LogP contribution in [0.4, 0.5) is 10.1 Å². The molecule has 0 heterocycles. The molecule has 0 aliphatic rings. The molecule has 1 aromatic carbocycles. The number of benzene rings is 1. The molecule has 0 saturated carbocycles. The molecule has 2 N–H and O–H groups in total. The Morgan fingerprint density at radius 2 is 2.07 bits per heavy atom. The fourth-order valence-corrected chi connectivity index (χ4v) is 1.13. The van der Waals surface area contributed by atoms with Gasteiger partial charge in [0.25, 0.3) is 5.91 Å². The summed E-state index contributed by atoms with van der Waals surface area (Å²) in [6.45, 7) is 0. The Labute approximate surface area is 86.5 Å². The molecule has 1 rings (SSSR count). The van der Waals surface area contributed by atoms with E-state index >= 15 is 0 Å². The van der Waals surface area contributed by atoms with Gasteiger partial charge in [-0.05, 0) is 12.1 Å². The van der Waals surface area contributed by atoms with Crippen LogP contribution in [0.15, 0.2) is 12.1 Å². The predicted octanol–water partition coefficient (Wildman–Crippen LogP) is 0.922. The summed E-state index contributed by atoms with van der Waals surface area (Å²) < 4.78 is 13.1. The highest BCUT2D eigenvalue weighted by Crippen LogP contribution is 2.17. The summed E-state index contributed by atoms with van der Waals surface area (Å²) >= 11 is 0. The van der Waals surface area contributed by atoms with Gasteiger partial charge < -0.3 is 10.6 Å². The minimum Gasteiger partial charge on any atom is -0.396 e. The van der Waals surface area contributed by atoms with Gasteiger partial charge in [-0.15, -0.1) is 0 Å². The highest BCUT2D eigenvalue weighted by molar-refractivity contribution is 6.01. The minimum atomic E-state index is -0.703. The van der Waals surface area contributed by atoms with Crippen molar-refractivity contribution in [3.8, 4) is 0 Å². The molecule has 80 valence electrons. The van der Waals surface area contributed by atoms with Crippen LogP contribution in [0.3, 0.4) is 0 Å². The number of halogens is 1. The fraction of sp³-hybridized carbons (Fsp3) is 0.200. The minimum absolute atomic E-state index is 0.0155. The van der Waals surface area contributed by atoms with E-state index in [1.807, 2.05) is 0 Å². The summed E-state index contributed by atoms with van der Waals surface area (Å²) in [5.74, 6) is -1.14. The van der Waals surface area contributed by atoms with Crippen LogP contribution in [0.25, 0.3) is 0 Å².